The zero-order valence-corrected chi connectivity index (χ0v) is 13.3. The fraction of sp³-hybridized carbons (Fsp3) is 0.333. The van der Waals surface area contributed by atoms with Crippen LogP contribution in [0.3, 0.4) is 0 Å². The molecule has 0 bridgehead atoms. The summed E-state index contributed by atoms with van der Waals surface area (Å²) in [5.74, 6) is -3.26. The van der Waals surface area contributed by atoms with Crippen LogP contribution < -0.4 is 5.32 Å². The number of hydrogen-bond donors (Lipinski definition) is 1. The molecule has 1 N–H and O–H groups in total. The molecule has 1 aromatic carbocycles. The van der Waals surface area contributed by atoms with Crippen LogP contribution in [0.2, 0.25) is 0 Å². The van der Waals surface area contributed by atoms with Crippen LogP contribution in [0.5, 0.6) is 0 Å². The first-order valence-corrected chi connectivity index (χ1v) is 7.08. The van der Waals surface area contributed by atoms with Gasteiger partial charge in [0, 0.05) is 31.7 Å². The van der Waals surface area contributed by atoms with Crippen LogP contribution in [0.4, 0.5) is 11.4 Å². The molecule has 1 heterocycles. The number of cyclic esters (lactones) is 2. The second-order valence-corrected chi connectivity index (χ2v) is 5.24. The summed E-state index contributed by atoms with van der Waals surface area (Å²) in [5, 5.41) is 13.4. The molecular formula is C15H16N2O7. The van der Waals surface area contributed by atoms with Gasteiger partial charge in [-0.3, -0.25) is 10.1 Å². The second kappa shape index (κ2) is 6.57. The molecule has 0 radical (unpaired) electrons. The molecule has 128 valence electrons. The Labute approximate surface area is 137 Å². The first kappa shape index (κ1) is 17.3. The Morgan fingerprint density at radius 2 is 1.75 bits per heavy atom. The van der Waals surface area contributed by atoms with E-state index in [2.05, 4.69) is 5.32 Å². The highest BCUT2D eigenvalue weighted by atomic mass is 16.7. The lowest BCUT2D eigenvalue weighted by Crippen LogP contribution is -2.43. The van der Waals surface area contributed by atoms with Gasteiger partial charge in [0.05, 0.1) is 11.5 Å². The molecule has 0 spiro atoms. The Balaban J connectivity index is 2.33. The molecular weight excluding hydrogens is 320 g/mol. The number of nitrogens with one attached hydrogen (secondary N) is 1. The Morgan fingerprint density at radius 3 is 2.21 bits per heavy atom. The first-order chi connectivity index (χ1) is 11.2. The van der Waals surface area contributed by atoms with Crippen LogP contribution in [-0.4, -0.2) is 29.3 Å². The van der Waals surface area contributed by atoms with Gasteiger partial charge in [-0.15, -0.1) is 0 Å². The number of non-ortho nitro benzene ring substituents is 1. The highest BCUT2D eigenvalue weighted by Crippen LogP contribution is 2.26. The van der Waals surface area contributed by atoms with Gasteiger partial charge in [0.15, 0.2) is 0 Å². The lowest BCUT2D eigenvalue weighted by molar-refractivity contribution is -0.384. The average molecular weight is 336 g/mol. The van der Waals surface area contributed by atoms with Crippen molar-refractivity contribution in [3.05, 3.63) is 45.8 Å². The monoisotopic (exact) mass is 336 g/mol. The van der Waals surface area contributed by atoms with Crippen LogP contribution in [0.15, 0.2) is 35.7 Å². The minimum atomic E-state index is -1.36. The zero-order chi connectivity index (χ0) is 17.9. The number of hydrogen-bond acceptors (Lipinski definition) is 8. The number of anilines is 1. The minimum Gasteiger partial charge on any atom is -0.478 e. The van der Waals surface area contributed by atoms with Crippen LogP contribution in [-0.2, 0) is 23.8 Å². The minimum absolute atomic E-state index is 0.0931. The van der Waals surface area contributed by atoms with Crippen molar-refractivity contribution in [3.63, 3.8) is 0 Å². The molecule has 0 atom stereocenters. The molecule has 1 fully saturated rings. The number of esters is 2. The zero-order valence-electron chi connectivity index (χ0n) is 13.3. The highest BCUT2D eigenvalue weighted by Gasteiger charge is 2.42. The summed E-state index contributed by atoms with van der Waals surface area (Å²) in [7, 11) is 0. The average Bonchev–Trinajstić information content (AvgIpc) is 2.45. The summed E-state index contributed by atoms with van der Waals surface area (Å²) < 4.78 is 15.4. The Kier molecular flexibility index (Phi) is 4.72. The van der Waals surface area contributed by atoms with E-state index in [9.17, 15) is 19.7 Å². The van der Waals surface area contributed by atoms with Gasteiger partial charge in [0.2, 0.25) is 11.5 Å². The van der Waals surface area contributed by atoms with Crippen LogP contribution >= 0.6 is 0 Å². The normalized spacial score (nSPS) is 16.0. The molecule has 9 nitrogen and oxygen atoms in total. The summed E-state index contributed by atoms with van der Waals surface area (Å²) in [5.41, 5.74) is -0.110. The molecule has 0 aliphatic carbocycles. The van der Waals surface area contributed by atoms with E-state index in [0.717, 1.165) is 0 Å². The third-order valence-electron chi connectivity index (χ3n) is 2.94. The van der Waals surface area contributed by atoms with Gasteiger partial charge in [0.1, 0.15) is 0 Å². The van der Waals surface area contributed by atoms with Crippen molar-refractivity contribution in [1.82, 2.24) is 0 Å². The quantitative estimate of drug-likeness (QED) is 0.217. The van der Waals surface area contributed by atoms with E-state index in [1.165, 1.54) is 38.1 Å². The van der Waals surface area contributed by atoms with E-state index < -0.39 is 28.2 Å². The molecule has 9 heteroatoms. The number of nitro groups is 1. The maximum Gasteiger partial charge on any atom is 0.354 e. The summed E-state index contributed by atoms with van der Waals surface area (Å²) in [6.45, 7) is 4.71. The molecule has 1 aliphatic heterocycles. The molecule has 0 amide bonds. The standard InChI is InChI=1S/C15H16N2O7/c1-4-22-12(11-13(18)23-15(2,3)24-14(11)19)16-9-5-7-10(8-6-9)17(20)21/h5-8,16H,4H2,1-3H3. The summed E-state index contributed by atoms with van der Waals surface area (Å²) in [6, 6.07) is 5.39. The molecule has 1 aliphatic rings. The third kappa shape index (κ3) is 3.80. The summed E-state index contributed by atoms with van der Waals surface area (Å²) in [4.78, 5) is 34.3. The fourth-order valence-electron chi connectivity index (χ4n) is 1.95. The van der Waals surface area contributed by atoms with Gasteiger partial charge in [-0.05, 0) is 19.1 Å². The smallest absolute Gasteiger partial charge is 0.354 e. The number of nitrogens with zero attached hydrogens (tertiary/aromatic N) is 1. The largest absolute Gasteiger partial charge is 0.478 e. The summed E-state index contributed by atoms with van der Waals surface area (Å²) in [6.07, 6.45) is 0. The molecule has 0 unspecified atom stereocenters. The molecule has 2 rings (SSSR count). The van der Waals surface area contributed by atoms with E-state index in [0.29, 0.717) is 5.69 Å². The van der Waals surface area contributed by atoms with Gasteiger partial charge in [-0.2, -0.15) is 0 Å². The topological polar surface area (TPSA) is 117 Å². The van der Waals surface area contributed by atoms with E-state index >= 15 is 0 Å². The SMILES string of the molecule is CCOC(Nc1ccc([N+](=O)[O-])cc1)=C1C(=O)OC(C)(C)OC1=O. The Bertz CT molecular complexity index is 685. The Morgan fingerprint density at radius 1 is 1.21 bits per heavy atom. The third-order valence-corrected chi connectivity index (χ3v) is 2.94. The lowest BCUT2D eigenvalue weighted by atomic mass is 10.2. The number of benzene rings is 1. The van der Waals surface area contributed by atoms with Crippen molar-refractivity contribution < 1.29 is 28.7 Å². The van der Waals surface area contributed by atoms with E-state index in [4.69, 9.17) is 14.2 Å². The number of rotatable bonds is 5. The van der Waals surface area contributed by atoms with Gasteiger partial charge in [0.25, 0.3) is 11.5 Å². The number of ether oxygens (including phenoxy) is 3. The predicted molar refractivity (Wildman–Crippen MR) is 81.6 cm³/mol. The maximum absolute atomic E-state index is 12.1. The lowest BCUT2D eigenvalue weighted by Gasteiger charge is -2.30. The molecule has 1 saturated heterocycles. The first-order valence-electron chi connectivity index (χ1n) is 7.08. The fourth-order valence-corrected chi connectivity index (χ4v) is 1.95. The van der Waals surface area contributed by atoms with Gasteiger partial charge >= 0.3 is 11.9 Å². The van der Waals surface area contributed by atoms with E-state index in [1.807, 2.05) is 0 Å². The highest BCUT2D eigenvalue weighted by molar-refractivity contribution is 6.16. The van der Waals surface area contributed by atoms with Crippen molar-refractivity contribution in [3.8, 4) is 0 Å². The van der Waals surface area contributed by atoms with Crippen molar-refractivity contribution in [2.75, 3.05) is 11.9 Å². The van der Waals surface area contributed by atoms with Gasteiger partial charge in [-0.1, -0.05) is 0 Å². The maximum atomic E-state index is 12.1. The van der Waals surface area contributed by atoms with Gasteiger partial charge in [-0.25, -0.2) is 9.59 Å². The van der Waals surface area contributed by atoms with Crippen LogP contribution in [0.1, 0.15) is 20.8 Å². The predicted octanol–water partition coefficient (Wildman–Crippen LogP) is 2.09. The second-order valence-electron chi connectivity index (χ2n) is 5.24. The van der Waals surface area contributed by atoms with Crippen molar-refractivity contribution in [1.29, 1.82) is 0 Å². The summed E-state index contributed by atoms with van der Waals surface area (Å²) >= 11 is 0. The van der Waals surface area contributed by atoms with Crippen molar-refractivity contribution >= 4 is 23.3 Å². The molecule has 1 aromatic rings. The molecule has 0 saturated carbocycles. The van der Waals surface area contributed by atoms with Gasteiger partial charge < -0.3 is 19.5 Å². The van der Waals surface area contributed by atoms with E-state index in [-0.39, 0.29) is 18.2 Å². The van der Waals surface area contributed by atoms with Crippen molar-refractivity contribution in [2.45, 2.75) is 26.6 Å². The number of carbonyl (C=O) groups excluding carboxylic acids is 2. The Hall–Kier alpha value is -3.10. The molecule has 0 aromatic heterocycles. The van der Waals surface area contributed by atoms with E-state index in [1.54, 1.807) is 6.92 Å². The van der Waals surface area contributed by atoms with Crippen LogP contribution in [0, 0.1) is 10.1 Å². The number of carbonyl (C=O) groups is 2. The van der Waals surface area contributed by atoms with Crippen LogP contribution in [0.25, 0.3) is 0 Å². The number of nitro benzene ring substituents is 1. The van der Waals surface area contributed by atoms with Crippen molar-refractivity contribution in [2.24, 2.45) is 0 Å². The molecule has 24 heavy (non-hydrogen) atoms.